The second-order valence-electron chi connectivity index (χ2n) is 3.66. The van der Waals surface area contributed by atoms with Crippen LogP contribution in [0, 0.1) is 6.92 Å². The van der Waals surface area contributed by atoms with Crippen molar-refractivity contribution in [2.75, 3.05) is 18.6 Å². The molecule has 0 radical (unpaired) electrons. The summed E-state index contributed by atoms with van der Waals surface area (Å²) in [6, 6.07) is 5.03. The van der Waals surface area contributed by atoms with Crippen LogP contribution in [-0.2, 0) is 10.0 Å². The van der Waals surface area contributed by atoms with Crippen LogP contribution in [0.2, 0.25) is 0 Å². The van der Waals surface area contributed by atoms with Crippen LogP contribution in [0.3, 0.4) is 0 Å². The van der Waals surface area contributed by atoms with Crippen LogP contribution in [0.5, 0.6) is 0 Å². The SMILES string of the molecule is CSCCCNS(=O)(=O)c1ccc(Br)c(C)c1. The third-order valence-corrected chi connectivity index (χ3v) is 5.30. The Morgan fingerprint density at radius 2 is 2.12 bits per heavy atom. The molecule has 0 bridgehead atoms. The van der Waals surface area contributed by atoms with Gasteiger partial charge in [0.1, 0.15) is 0 Å². The Hall–Kier alpha value is -0.0400. The van der Waals surface area contributed by atoms with E-state index in [4.69, 9.17) is 0 Å². The molecule has 17 heavy (non-hydrogen) atoms. The molecule has 0 heterocycles. The van der Waals surface area contributed by atoms with Crippen LogP contribution >= 0.6 is 27.7 Å². The Bertz CT molecular complexity index is 474. The monoisotopic (exact) mass is 337 g/mol. The van der Waals surface area contributed by atoms with Crippen molar-refractivity contribution in [3.8, 4) is 0 Å². The highest BCUT2D eigenvalue weighted by atomic mass is 79.9. The Kier molecular flexibility index (Phi) is 5.99. The van der Waals surface area contributed by atoms with E-state index in [1.807, 2.05) is 13.2 Å². The van der Waals surface area contributed by atoms with Gasteiger partial charge in [-0.25, -0.2) is 13.1 Å². The number of nitrogens with one attached hydrogen (secondary N) is 1. The average Bonchev–Trinajstić information content (AvgIpc) is 2.28. The van der Waals surface area contributed by atoms with E-state index in [1.54, 1.807) is 30.0 Å². The third-order valence-electron chi connectivity index (χ3n) is 2.26. The van der Waals surface area contributed by atoms with Crippen LogP contribution in [0.1, 0.15) is 12.0 Å². The maximum absolute atomic E-state index is 11.9. The fourth-order valence-corrected chi connectivity index (χ4v) is 3.13. The summed E-state index contributed by atoms with van der Waals surface area (Å²) in [7, 11) is -3.36. The first-order valence-electron chi connectivity index (χ1n) is 5.22. The van der Waals surface area contributed by atoms with E-state index < -0.39 is 10.0 Å². The van der Waals surface area contributed by atoms with Crippen LogP contribution in [0.25, 0.3) is 0 Å². The van der Waals surface area contributed by atoms with Crippen molar-refractivity contribution in [2.45, 2.75) is 18.2 Å². The van der Waals surface area contributed by atoms with Gasteiger partial charge < -0.3 is 0 Å². The molecule has 6 heteroatoms. The van der Waals surface area contributed by atoms with Crippen molar-refractivity contribution in [3.05, 3.63) is 28.2 Å². The van der Waals surface area contributed by atoms with Gasteiger partial charge in [-0.3, -0.25) is 0 Å². The lowest BCUT2D eigenvalue weighted by molar-refractivity contribution is 0.581. The molecule has 1 rings (SSSR count). The van der Waals surface area contributed by atoms with Gasteiger partial charge in [0.25, 0.3) is 0 Å². The Morgan fingerprint density at radius 3 is 2.71 bits per heavy atom. The van der Waals surface area contributed by atoms with Gasteiger partial charge in [0.2, 0.25) is 10.0 Å². The number of hydrogen-bond acceptors (Lipinski definition) is 3. The summed E-state index contributed by atoms with van der Waals surface area (Å²) in [4.78, 5) is 0.322. The first-order chi connectivity index (χ1) is 7.97. The Labute approximate surface area is 116 Å². The average molecular weight is 338 g/mol. The van der Waals surface area contributed by atoms with Gasteiger partial charge in [-0.2, -0.15) is 11.8 Å². The molecule has 0 fully saturated rings. The second kappa shape index (κ2) is 6.78. The van der Waals surface area contributed by atoms with Crippen LogP contribution in [0.15, 0.2) is 27.6 Å². The van der Waals surface area contributed by atoms with Crippen LogP contribution in [-0.4, -0.2) is 27.0 Å². The quantitative estimate of drug-likeness (QED) is 0.812. The van der Waals surface area contributed by atoms with Crippen molar-refractivity contribution in [2.24, 2.45) is 0 Å². The lowest BCUT2D eigenvalue weighted by atomic mass is 10.2. The summed E-state index contributed by atoms with van der Waals surface area (Å²) in [6.45, 7) is 2.36. The van der Waals surface area contributed by atoms with Crippen molar-refractivity contribution in [1.29, 1.82) is 0 Å². The van der Waals surface area contributed by atoms with Crippen molar-refractivity contribution in [3.63, 3.8) is 0 Å². The second-order valence-corrected chi connectivity index (χ2v) is 7.26. The molecular weight excluding hydrogens is 322 g/mol. The molecule has 0 aliphatic rings. The van der Waals surface area contributed by atoms with E-state index in [0.717, 1.165) is 22.2 Å². The predicted octanol–water partition coefficient (Wildman–Crippen LogP) is 2.79. The summed E-state index contributed by atoms with van der Waals surface area (Å²) < 4.78 is 27.4. The number of rotatable bonds is 6. The highest BCUT2D eigenvalue weighted by Crippen LogP contribution is 2.19. The first kappa shape index (κ1) is 15.0. The number of benzene rings is 1. The zero-order valence-electron chi connectivity index (χ0n) is 9.86. The molecule has 0 aliphatic carbocycles. The van der Waals surface area contributed by atoms with Crippen molar-refractivity contribution < 1.29 is 8.42 Å². The minimum atomic E-state index is -3.36. The van der Waals surface area contributed by atoms with Gasteiger partial charge >= 0.3 is 0 Å². The minimum Gasteiger partial charge on any atom is -0.211 e. The number of halogens is 1. The molecule has 0 spiro atoms. The van der Waals surface area contributed by atoms with E-state index in [9.17, 15) is 8.42 Å². The van der Waals surface area contributed by atoms with Gasteiger partial charge in [0.15, 0.2) is 0 Å². The van der Waals surface area contributed by atoms with Crippen LogP contribution in [0.4, 0.5) is 0 Å². The molecule has 0 saturated carbocycles. The topological polar surface area (TPSA) is 46.2 Å². The minimum absolute atomic E-state index is 0.322. The Morgan fingerprint density at radius 1 is 1.41 bits per heavy atom. The van der Waals surface area contributed by atoms with E-state index in [0.29, 0.717) is 11.4 Å². The smallest absolute Gasteiger partial charge is 0.211 e. The lowest BCUT2D eigenvalue weighted by Gasteiger charge is -2.07. The van der Waals surface area contributed by atoms with Gasteiger partial charge in [0.05, 0.1) is 4.90 Å². The van der Waals surface area contributed by atoms with Gasteiger partial charge in [-0.1, -0.05) is 15.9 Å². The fraction of sp³-hybridized carbons (Fsp3) is 0.455. The Balaban J connectivity index is 2.72. The molecule has 1 aromatic rings. The third kappa shape index (κ3) is 4.62. The maximum Gasteiger partial charge on any atom is 0.240 e. The molecule has 3 nitrogen and oxygen atoms in total. The highest BCUT2D eigenvalue weighted by molar-refractivity contribution is 9.10. The van der Waals surface area contributed by atoms with Crippen molar-refractivity contribution >= 4 is 37.7 Å². The molecule has 0 aromatic heterocycles. The van der Waals surface area contributed by atoms with E-state index in [1.165, 1.54) is 0 Å². The van der Waals surface area contributed by atoms with E-state index in [-0.39, 0.29) is 0 Å². The largest absolute Gasteiger partial charge is 0.240 e. The molecule has 0 amide bonds. The summed E-state index contributed by atoms with van der Waals surface area (Å²) >= 11 is 5.06. The van der Waals surface area contributed by atoms with E-state index >= 15 is 0 Å². The number of aryl methyl sites for hydroxylation is 1. The zero-order valence-corrected chi connectivity index (χ0v) is 13.1. The maximum atomic E-state index is 11.9. The fourth-order valence-electron chi connectivity index (χ4n) is 1.29. The van der Waals surface area contributed by atoms with Crippen LogP contribution < -0.4 is 4.72 Å². The summed E-state index contributed by atoms with van der Waals surface area (Å²) in [6.07, 6.45) is 2.85. The molecule has 0 saturated heterocycles. The molecule has 1 N–H and O–H groups in total. The molecule has 0 atom stereocenters. The molecular formula is C11H16BrNO2S2. The summed E-state index contributed by atoms with van der Waals surface area (Å²) in [5.41, 5.74) is 0.914. The standard InChI is InChI=1S/C11H16BrNO2S2/c1-9-8-10(4-5-11(9)12)17(14,15)13-6-3-7-16-2/h4-5,8,13H,3,6-7H2,1-2H3. The predicted molar refractivity (Wildman–Crippen MR) is 77.1 cm³/mol. The number of hydrogen-bond donors (Lipinski definition) is 1. The number of thioether (sulfide) groups is 1. The highest BCUT2D eigenvalue weighted by Gasteiger charge is 2.13. The summed E-state index contributed by atoms with van der Waals surface area (Å²) in [5.74, 6) is 0.960. The van der Waals surface area contributed by atoms with Gasteiger partial charge in [-0.15, -0.1) is 0 Å². The molecule has 96 valence electrons. The summed E-state index contributed by atoms with van der Waals surface area (Å²) in [5, 5.41) is 0. The molecule has 0 unspecified atom stereocenters. The lowest BCUT2D eigenvalue weighted by Crippen LogP contribution is -2.25. The van der Waals surface area contributed by atoms with Gasteiger partial charge in [-0.05, 0) is 49.1 Å². The normalized spacial score (nSPS) is 11.7. The molecule has 0 aliphatic heterocycles. The van der Waals surface area contributed by atoms with Crippen molar-refractivity contribution in [1.82, 2.24) is 4.72 Å². The van der Waals surface area contributed by atoms with Gasteiger partial charge in [0, 0.05) is 11.0 Å². The molecule has 1 aromatic carbocycles. The first-order valence-corrected chi connectivity index (χ1v) is 8.89. The van der Waals surface area contributed by atoms with E-state index in [2.05, 4.69) is 20.7 Å². The number of sulfonamides is 1. The zero-order chi connectivity index (χ0) is 12.9.